The number of rotatable bonds is 3. The predicted octanol–water partition coefficient (Wildman–Crippen LogP) is 2.45. The first-order chi connectivity index (χ1) is 10.8. The Morgan fingerprint density at radius 1 is 1.09 bits per heavy atom. The van der Waals surface area contributed by atoms with E-state index < -0.39 is 9.84 Å². The fourth-order valence-electron chi connectivity index (χ4n) is 6.10. The van der Waals surface area contributed by atoms with Gasteiger partial charge in [-0.25, -0.2) is 8.42 Å². The molecule has 128 valence electrons. The second-order valence-electron chi connectivity index (χ2n) is 8.63. The molecule has 1 N–H and O–H groups in total. The van der Waals surface area contributed by atoms with Crippen LogP contribution in [0, 0.1) is 23.2 Å². The molecule has 4 nitrogen and oxygen atoms in total. The summed E-state index contributed by atoms with van der Waals surface area (Å²) in [7, 11) is -2.94. The fourth-order valence-corrected chi connectivity index (χ4v) is 7.77. The monoisotopic (exact) mass is 337 g/mol. The molecule has 0 aromatic carbocycles. The lowest BCUT2D eigenvalue weighted by Crippen LogP contribution is -2.47. The lowest BCUT2D eigenvalue weighted by Gasteiger charge is -2.57. The lowest BCUT2D eigenvalue weighted by molar-refractivity contribution is -0.117. The van der Waals surface area contributed by atoms with E-state index in [0.29, 0.717) is 6.42 Å². The first-order valence-corrected chi connectivity index (χ1v) is 10.9. The lowest BCUT2D eigenvalue weighted by atomic mass is 9.48. The van der Waals surface area contributed by atoms with Gasteiger partial charge in [0.1, 0.15) is 0 Å². The first-order valence-electron chi connectivity index (χ1n) is 9.03. The van der Waals surface area contributed by atoms with Crippen LogP contribution in [0.1, 0.15) is 51.9 Å². The summed E-state index contributed by atoms with van der Waals surface area (Å²) in [5, 5.41) is 2.90. The van der Waals surface area contributed by atoms with E-state index in [1.807, 2.05) is 0 Å². The van der Waals surface area contributed by atoms with E-state index in [-0.39, 0.29) is 28.9 Å². The van der Waals surface area contributed by atoms with Crippen molar-refractivity contribution < 1.29 is 13.2 Å². The van der Waals surface area contributed by atoms with Crippen molar-refractivity contribution in [2.45, 2.75) is 57.9 Å². The van der Waals surface area contributed by atoms with Gasteiger partial charge in [0.2, 0.25) is 5.91 Å². The van der Waals surface area contributed by atoms with Gasteiger partial charge in [0.25, 0.3) is 0 Å². The number of sulfone groups is 1. The number of hydrogen-bond donors (Lipinski definition) is 1. The van der Waals surface area contributed by atoms with Crippen LogP contribution >= 0.6 is 0 Å². The van der Waals surface area contributed by atoms with Gasteiger partial charge in [0.05, 0.1) is 11.5 Å². The van der Waals surface area contributed by atoms with Crippen molar-refractivity contribution in [3.8, 4) is 0 Å². The highest BCUT2D eigenvalue weighted by molar-refractivity contribution is 7.91. The molecule has 5 heteroatoms. The number of amides is 1. The van der Waals surface area contributed by atoms with E-state index in [1.165, 1.54) is 44.1 Å². The SMILES string of the molecule is C/C(=C\C(=O)NC1CCS(=O)(=O)C1)C12CC3CC(CC(C3)C1)C2. The Kier molecular flexibility index (Phi) is 3.63. The highest BCUT2D eigenvalue weighted by atomic mass is 32.2. The fraction of sp³-hybridized carbons (Fsp3) is 0.833. The Hall–Kier alpha value is -0.840. The summed E-state index contributed by atoms with van der Waals surface area (Å²) >= 11 is 0. The molecule has 1 amide bonds. The van der Waals surface area contributed by atoms with E-state index >= 15 is 0 Å². The highest BCUT2D eigenvalue weighted by Gasteiger charge is 2.51. The van der Waals surface area contributed by atoms with Crippen molar-refractivity contribution in [3.05, 3.63) is 11.6 Å². The van der Waals surface area contributed by atoms with Crippen molar-refractivity contribution in [2.24, 2.45) is 23.2 Å². The van der Waals surface area contributed by atoms with Gasteiger partial charge in [-0.3, -0.25) is 4.79 Å². The van der Waals surface area contributed by atoms with E-state index in [1.54, 1.807) is 6.08 Å². The van der Waals surface area contributed by atoms with Crippen LogP contribution in [0.15, 0.2) is 11.6 Å². The largest absolute Gasteiger partial charge is 0.349 e. The molecule has 0 aromatic heterocycles. The summed E-state index contributed by atoms with van der Waals surface area (Å²) in [5.74, 6) is 2.81. The Bertz CT molecular complexity index is 614. The maximum atomic E-state index is 12.3. The van der Waals surface area contributed by atoms with Gasteiger partial charge in [-0.1, -0.05) is 5.57 Å². The van der Waals surface area contributed by atoms with E-state index in [0.717, 1.165) is 17.8 Å². The van der Waals surface area contributed by atoms with Gasteiger partial charge in [-0.15, -0.1) is 0 Å². The number of carbonyl (C=O) groups excluding carboxylic acids is 1. The number of carbonyl (C=O) groups is 1. The summed E-state index contributed by atoms with van der Waals surface area (Å²) in [6, 6.07) is -0.201. The summed E-state index contributed by atoms with van der Waals surface area (Å²) in [6.07, 6.45) is 10.3. The molecule has 0 radical (unpaired) electrons. The zero-order valence-electron chi connectivity index (χ0n) is 13.9. The summed E-state index contributed by atoms with van der Waals surface area (Å²) < 4.78 is 23.0. The zero-order chi connectivity index (χ0) is 16.2. The molecule has 0 aromatic rings. The quantitative estimate of drug-likeness (QED) is 0.805. The Balaban J connectivity index is 1.45. The van der Waals surface area contributed by atoms with Gasteiger partial charge in [0, 0.05) is 12.1 Å². The normalized spacial score (nSPS) is 44.5. The van der Waals surface area contributed by atoms with Crippen molar-refractivity contribution in [1.82, 2.24) is 5.32 Å². The number of nitrogens with one attached hydrogen (secondary N) is 1. The number of hydrogen-bond acceptors (Lipinski definition) is 3. The van der Waals surface area contributed by atoms with Crippen LogP contribution in [0.4, 0.5) is 0 Å². The molecule has 5 aliphatic rings. The molecule has 5 rings (SSSR count). The minimum atomic E-state index is -2.94. The summed E-state index contributed by atoms with van der Waals surface area (Å²) in [5.41, 5.74) is 1.49. The highest BCUT2D eigenvalue weighted by Crippen LogP contribution is 2.62. The predicted molar refractivity (Wildman–Crippen MR) is 89.6 cm³/mol. The van der Waals surface area contributed by atoms with Crippen LogP contribution in [0.3, 0.4) is 0 Å². The molecule has 0 spiro atoms. The number of allylic oxidation sites excluding steroid dienone is 1. The molecule has 4 bridgehead atoms. The van der Waals surface area contributed by atoms with Gasteiger partial charge in [-0.2, -0.15) is 0 Å². The van der Waals surface area contributed by atoms with Crippen molar-refractivity contribution in [1.29, 1.82) is 0 Å². The molecule has 1 atom stereocenters. The van der Waals surface area contributed by atoms with Crippen LogP contribution in [-0.4, -0.2) is 31.9 Å². The zero-order valence-corrected chi connectivity index (χ0v) is 14.7. The maximum Gasteiger partial charge on any atom is 0.244 e. The first kappa shape index (κ1) is 15.7. The van der Waals surface area contributed by atoms with Gasteiger partial charge >= 0.3 is 0 Å². The van der Waals surface area contributed by atoms with Crippen molar-refractivity contribution >= 4 is 15.7 Å². The molecule has 5 fully saturated rings. The molecule has 4 saturated carbocycles. The molecule has 1 unspecified atom stereocenters. The summed E-state index contributed by atoms with van der Waals surface area (Å²) in [6.45, 7) is 2.12. The third-order valence-corrected chi connectivity index (χ3v) is 8.57. The third-order valence-electron chi connectivity index (χ3n) is 6.80. The van der Waals surface area contributed by atoms with Crippen molar-refractivity contribution in [2.75, 3.05) is 11.5 Å². The topological polar surface area (TPSA) is 63.2 Å². The molecule has 1 saturated heterocycles. The Morgan fingerprint density at radius 2 is 1.65 bits per heavy atom. The van der Waals surface area contributed by atoms with Crippen LogP contribution in [0.2, 0.25) is 0 Å². The molecule has 4 aliphatic carbocycles. The van der Waals surface area contributed by atoms with Crippen LogP contribution < -0.4 is 5.32 Å². The van der Waals surface area contributed by atoms with Crippen molar-refractivity contribution in [3.63, 3.8) is 0 Å². The van der Waals surface area contributed by atoms with Gasteiger partial charge in [0.15, 0.2) is 9.84 Å². The molecule has 1 heterocycles. The Morgan fingerprint density at radius 3 is 2.13 bits per heavy atom. The Labute approximate surface area is 139 Å². The summed E-state index contributed by atoms with van der Waals surface area (Å²) in [4.78, 5) is 12.3. The van der Waals surface area contributed by atoms with Gasteiger partial charge in [-0.05, 0) is 75.0 Å². The second kappa shape index (κ2) is 5.33. The average molecular weight is 337 g/mol. The average Bonchev–Trinajstić information content (AvgIpc) is 2.76. The standard InChI is InChI=1S/C18H27NO3S/c1-12(4-17(20)19-16-2-3-23(21,22)11-16)18-8-13-5-14(9-18)7-15(6-13)10-18/h4,13-16H,2-3,5-11H2,1H3,(H,19,20)/b12-4+. The minimum Gasteiger partial charge on any atom is -0.349 e. The molecular formula is C18H27NO3S. The van der Waals surface area contributed by atoms with Crippen LogP contribution in [0.5, 0.6) is 0 Å². The van der Waals surface area contributed by atoms with Crippen LogP contribution in [-0.2, 0) is 14.6 Å². The molecular weight excluding hydrogens is 310 g/mol. The molecule has 23 heavy (non-hydrogen) atoms. The second-order valence-corrected chi connectivity index (χ2v) is 10.9. The van der Waals surface area contributed by atoms with E-state index in [4.69, 9.17) is 0 Å². The van der Waals surface area contributed by atoms with E-state index in [2.05, 4.69) is 12.2 Å². The van der Waals surface area contributed by atoms with Crippen LogP contribution in [0.25, 0.3) is 0 Å². The maximum absolute atomic E-state index is 12.3. The minimum absolute atomic E-state index is 0.0969. The van der Waals surface area contributed by atoms with E-state index in [9.17, 15) is 13.2 Å². The third kappa shape index (κ3) is 2.97. The molecule has 1 aliphatic heterocycles. The smallest absolute Gasteiger partial charge is 0.244 e. The van der Waals surface area contributed by atoms with Gasteiger partial charge < -0.3 is 5.32 Å².